The molecule has 1 aromatic carbocycles. The molecule has 2 aliphatic rings. The predicted octanol–water partition coefficient (Wildman–Crippen LogP) is 3.60. The van der Waals surface area contributed by atoms with Gasteiger partial charge in [-0.15, -0.1) is 0 Å². The maximum Gasteiger partial charge on any atom is 0.513 e. The Balaban J connectivity index is 2.17. The van der Waals surface area contributed by atoms with Crippen LogP contribution in [0.15, 0.2) is 22.4 Å². The van der Waals surface area contributed by atoms with Crippen LogP contribution in [-0.2, 0) is 28.7 Å². The first-order chi connectivity index (χ1) is 15.8. The molecule has 0 atom stereocenters. The number of piperidine rings is 1. The topological polar surface area (TPSA) is 86.8 Å². The van der Waals surface area contributed by atoms with Crippen molar-refractivity contribution in [2.24, 2.45) is 0 Å². The third-order valence-corrected chi connectivity index (χ3v) is 6.34. The SMILES string of the molecule is CCOC(=O)OC1=C(c2cc(Br)c(F)cc2C)C(=O)N(OCCOC)C12CCN(OC)CC2. The van der Waals surface area contributed by atoms with Crippen molar-refractivity contribution < 1.29 is 37.9 Å². The molecule has 0 aromatic heterocycles. The Hall–Kier alpha value is -2.05. The molecule has 33 heavy (non-hydrogen) atoms. The highest BCUT2D eigenvalue weighted by molar-refractivity contribution is 9.10. The van der Waals surface area contributed by atoms with Gasteiger partial charge in [-0.25, -0.2) is 14.2 Å². The van der Waals surface area contributed by atoms with Gasteiger partial charge in [-0.3, -0.25) is 9.63 Å². The highest BCUT2D eigenvalue weighted by Gasteiger charge is 2.57. The molecule has 9 nitrogen and oxygen atoms in total. The molecule has 0 radical (unpaired) electrons. The van der Waals surface area contributed by atoms with E-state index in [9.17, 15) is 14.0 Å². The Morgan fingerprint density at radius 1 is 1.21 bits per heavy atom. The number of ether oxygens (including phenoxy) is 3. The van der Waals surface area contributed by atoms with Crippen molar-refractivity contribution in [3.05, 3.63) is 39.3 Å². The molecule has 0 aliphatic carbocycles. The fraction of sp³-hybridized carbons (Fsp3) is 0.545. The van der Waals surface area contributed by atoms with Gasteiger partial charge in [-0.1, -0.05) is 0 Å². The molecule has 2 aliphatic heterocycles. The summed E-state index contributed by atoms with van der Waals surface area (Å²) in [5.74, 6) is -0.829. The third kappa shape index (κ3) is 5.07. The molecule has 3 rings (SSSR count). The number of aryl methyl sites for hydroxylation is 1. The van der Waals surface area contributed by atoms with Crippen LogP contribution in [0.1, 0.15) is 30.9 Å². The van der Waals surface area contributed by atoms with E-state index in [1.165, 1.54) is 24.3 Å². The average molecular weight is 531 g/mol. The molecule has 2 heterocycles. The van der Waals surface area contributed by atoms with Crippen LogP contribution in [0.5, 0.6) is 0 Å². The smallest absolute Gasteiger partial charge is 0.434 e. The van der Waals surface area contributed by atoms with Crippen LogP contribution in [0.4, 0.5) is 9.18 Å². The number of carbonyl (C=O) groups excluding carboxylic acids is 2. The van der Waals surface area contributed by atoms with Crippen molar-refractivity contribution in [2.45, 2.75) is 32.2 Å². The fourth-order valence-electron chi connectivity index (χ4n) is 4.11. The summed E-state index contributed by atoms with van der Waals surface area (Å²) in [7, 11) is 3.10. The molecule has 1 aromatic rings. The van der Waals surface area contributed by atoms with Gasteiger partial charge in [-0.05, 0) is 65.9 Å². The number of nitrogens with zero attached hydrogens (tertiary/aromatic N) is 2. The van der Waals surface area contributed by atoms with Gasteiger partial charge in [0.05, 0.1) is 37.0 Å². The number of hydrogen-bond acceptors (Lipinski definition) is 8. The van der Waals surface area contributed by atoms with Crippen molar-refractivity contribution in [3.63, 3.8) is 0 Å². The van der Waals surface area contributed by atoms with E-state index < -0.39 is 23.4 Å². The Morgan fingerprint density at radius 2 is 1.91 bits per heavy atom. The van der Waals surface area contributed by atoms with Gasteiger partial charge in [0.15, 0.2) is 5.76 Å². The number of methoxy groups -OCH3 is 1. The fourth-order valence-corrected chi connectivity index (χ4v) is 4.45. The molecule has 0 bridgehead atoms. The number of hydrogen-bond donors (Lipinski definition) is 0. The molecule has 1 spiro atoms. The highest BCUT2D eigenvalue weighted by atomic mass is 79.9. The van der Waals surface area contributed by atoms with E-state index in [1.807, 2.05) is 0 Å². The van der Waals surface area contributed by atoms with E-state index >= 15 is 0 Å². The second kappa shape index (κ2) is 10.9. The van der Waals surface area contributed by atoms with Gasteiger partial charge in [-0.2, -0.15) is 5.06 Å². The Morgan fingerprint density at radius 3 is 2.52 bits per heavy atom. The molecular weight excluding hydrogens is 503 g/mol. The zero-order chi connectivity index (χ0) is 24.2. The molecule has 11 heteroatoms. The van der Waals surface area contributed by atoms with E-state index in [2.05, 4.69) is 15.9 Å². The summed E-state index contributed by atoms with van der Waals surface area (Å²) in [6.45, 7) is 4.74. The van der Waals surface area contributed by atoms with Crippen LogP contribution in [0.25, 0.3) is 5.57 Å². The minimum Gasteiger partial charge on any atom is -0.434 e. The van der Waals surface area contributed by atoms with Crippen LogP contribution in [0, 0.1) is 12.7 Å². The largest absolute Gasteiger partial charge is 0.513 e. The molecule has 0 saturated carbocycles. The summed E-state index contributed by atoms with van der Waals surface area (Å²) in [4.78, 5) is 37.4. The maximum atomic E-state index is 14.1. The molecule has 1 fully saturated rings. The molecule has 0 unspecified atom stereocenters. The van der Waals surface area contributed by atoms with E-state index in [0.29, 0.717) is 37.1 Å². The lowest BCUT2D eigenvalue weighted by Gasteiger charge is -2.43. The highest BCUT2D eigenvalue weighted by Crippen LogP contribution is 2.48. The summed E-state index contributed by atoms with van der Waals surface area (Å²) < 4.78 is 30.1. The van der Waals surface area contributed by atoms with Crippen LogP contribution >= 0.6 is 15.9 Å². The van der Waals surface area contributed by atoms with Crippen molar-refractivity contribution in [3.8, 4) is 0 Å². The van der Waals surface area contributed by atoms with E-state index in [0.717, 1.165) is 0 Å². The monoisotopic (exact) mass is 530 g/mol. The lowest BCUT2D eigenvalue weighted by molar-refractivity contribution is -0.235. The van der Waals surface area contributed by atoms with Crippen molar-refractivity contribution in [1.82, 2.24) is 10.1 Å². The molecule has 1 saturated heterocycles. The summed E-state index contributed by atoms with van der Waals surface area (Å²) >= 11 is 3.19. The van der Waals surface area contributed by atoms with Crippen molar-refractivity contribution in [1.29, 1.82) is 0 Å². The number of amides is 1. The number of benzene rings is 1. The summed E-state index contributed by atoms with van der Waals surface area (Å²) in [6, 6.07) is 2.82. The normalized spacial score (nSPS) is 18.4. The van der Waals surface area contributed by atoms with Crippen molar-refractivity contribution in [2.75, 3.05) is 47.1 Å². The van der Waals surface area contributed by atoms with Gasteiger partial charge < -0.3 is 19.0 Å². The Labute approximate surface area is 200 Å². The summed E-state index contributed by atoms with van der Waals surface area (Å²) in [5, 5.41) is 3.02. The van der Waals surface area contributed by atoms with Crippen LogP contribution < -0.4 is 0 Å². The minimum atomic E-state index is -1.07. The van der Waals surface area contributed by atoms with Gasteiger partial charge in [0.25, 0.3) is 5.91 Å². The second-order valence-corrected chi connectivity index (χ2v) is 8.49. The molecule has 0 N–H and O–H groups in total. The van der Waals surface area contributed by atoms with Crippen LogP contribution in [0.2, 0.25) is 0 Å². The number of rotatable bonds is 8. The van der Waals surface area contributed by atoms with E-state index in [1.54, 1.807) is 26.0 Å². The number of carbonyl (C=O) groups is 2. The molecular formula is C22H28BrFN2O7. The average Bonchev–Trinajstić information content (AvgIpc) is 2.99. The molecule has 1 amide bonds. The van der Waals surface area contributed by atoms with Crippen LogP contribution in [-0.4, -0.2) is 74.9 Å². The van der Waals surface area contributed by atoms with Gasteiger partial charge >= 0.3 is 6.16 Å². The summed E-state index contributed by atoms with van der Waals surface area (Å²) in [6.07, 6.45) is -0.178. The second-order valence-electron chi connectivity index (χ2n) is 7.64. The number of halogens is 2. The van der Waals surface area contributed by atoms with E-state index in [4.69, 9.17) is 23.9 Å². The van der Waals surface area contributed by atoms with Crippen LogP contribution in [0.3, 0.4) is 0 Å². The molecule has 182 valence electrons. The zero-order valence-corrected chi connectivity index (χ0v) is 20.7. The van der Waals surface area contributed by atoms with Crippen molar-refractivity contribution >= 4 is 33.6 Å². The minimum absolute atomic E-state index is 0.106. The Bertz CT molecular complexity index is 932. The first kappa shape index (κ1) is 25.6. The van der Waals surface area contributed by atoms with Gasteiger partial charge in [0, 0.05) is 20.2 Å². The quantitative estimate of drug-likeness (QED) is 0.372. The Kier molecular flexibility index (Phi) is 8.46. The predicted molar refractivity (Wildman–Crippen MR) is 119 cm³/mol. The van der Waals surface area contributed by atoms with Gasteiger partial charge in [0.1, 0.15) is 11.4 Å². The lowest BCUT2D eigenvalue weighted by Crippen LogP contribution is -2.55. The standard InChI is InChI=1S/C22H28BrFN2O7/c1-5-31-21(28)33-19-18(15-13-16(23)17(24)12-14(15)2)20(27)26(32-11-10-29-3)22(19)6-8-25(30-4)9-7-22/h12-13H,5-11H2,1-4H3. The van der Waals surface area contributed by atoms with Gasteiger partial charge in [0.2, 0.25) is 0 Å². The maximum absolute atomic E-state index is 14.1. The van der Waals surface area contributed by atoms with E-state index in [-0.39, 0.29) is 35.6 Å². The zero-order valence-electron chi connectivity index (χ0n) is 19.1. The first-order valence-corrected chi connectivity index (χ1v) is 11.4. The lowest BCUT2D eigenvalue weighted by atomic mass is 9.85. The number of hydroxylamine groups is 4. The summed E-state index contributed by atoms with van der Waals surface area (Å²) in [5.41, 5.74) is -0.00867. The third-order valence-electron chi connectivity index (χ3n) is 5.74. The first-order valence-electron chi connectivity index (χ1n) is 10.6.